The number of allylic oxidation sites excluding steroid dienone is 1. The van der Waals surface area contributed by atoms with Crippen LogP contribution in [0, 0.1) is 13.8 Å². The number of fused-ring (bicyclic) bond motifs is 1. The summed E-state index contributed by atoms with van der Waals surface area (Å²) in [6.45, 7) is 4.21. The Bertz CT molecular complexity index is 1110. The molecule has 1 N–H and O–H groups in total. The molecule has 1 aliphatic carbocycles. The zero-order valence-electron chi connectivity index (χ0n) is 17.9. The summed E-state index contributed by atoms with van der Waals surface area (Å²) >= 11 is 0. The Morgan fingerprint density at radius 1 is 1.10 bits per heavy atom. The predicted octanol–water partition coefficient (Wildman–Crippen LogP) is 3.88. The third kappa shape index (κ3) is 4.61. The minimum absolute atomic E-state index is 0.0719. The Kier molecular flexibility index (Phi) is 6.05. The fourth-order valence-electron chi connectivity index (χ4n) is 3.94. The van der Waals surface area contributed by atoms with Gasteiger partial charge in [-0.1, -0.05) is 35.4 Å². The Morgan fingerprint density at radius 3 is 2.55 bits per heavy atom. The van der Waals surface area contributed by atoms with Gasteiger partial charge in [-0.05, 0) is 69.4 Å². The molecule has 0 radical (unpaired) electrons. The van der Waals surface area contributed by atoms with Crippen LogP contribution >= 0.6 is 0 Å². The Labute approximate surface area is 184 Å². The Hall–Kier alpha value is -2.80. The second-order valence-electron chi connectivity index (χ2n) is 8.25. The van der Waals surface area contributed by atoms with Crippen LogP contribution < -0.4 is 14.4 Å². The lowest BCUT2D eigenvalue weighted by atomic mass is 10.00. The van der Waals surface area contributed by atoms with Crippen molar-refractivity contribution in [1.82, 2.24) is 5.32 Å². The van der Waals surface area contributed by atoms with Crippen molar-refractivity contribution in [2.24, 2.45) is 0 Å². The van der Waals surface area contributed by atoms with E-state index in [4.69, 9.17) is 4.74 Å². The number of benzene rings is 2. The molecule has 4 rings (SSSR count). The number of hydrogen-bond acceptors (Lipinski definition) is 4. The SMILES string of the molecule is Cc1ccc(S(=O)(=O)N2C[C@H](C(=O)NCC3=CCCCC3)Oc3ccc(C)cc32)cc1. The predicted molar refractivity (Wildman–Crippen MR) is 121 cm³/mol. The molecule has 1 amide bonds. The number of amides is 1. The first-order valence-electron chi connectivity index (χ1n) is 10.7. The first-order valence-corrected chi connectivity index (χ1v) is 12.1. The van der Waals surface area contributed by atoms with Gasteiger partial charge in [0.2, 0.25) is 0 Å². The van der Waals surface area contributed by atoms with Crippen LogP contribution in [0.3, 0.4) is 0 Å². The number of ether oxygens (including phenoxy) is 1. The van der Waals surface area contributed by atoms with E-state index < -0.39 is 16.1 Å². The van der Waals surface area contributed by atoms with Crippen LogP contribution in [0.2, 0.25) is 0 Å². The number of aryl methyl sites for hydroxylation is 2. The molecule has 6 nitrogen and oxygen atoms in total. The second kappa shape index (κ2) is 8.75. The van der Waals surface area contributed by atoms with Gasteiger partial charge in [0.15, 0.2) is 6.10 Å². The van der Waals surface area contributed by atoms with Crippen LogP contribution in [0.1, 0.15) is 36.8 Å². The van der Waals surface area contributed by atoms with Gasteiger partial charge in [0.25, 0.3) is 15.9 Å². The van der Waals surface area contributed by atoms with Gasteiger partial charge in [-0.3, -0.25) is 9.10 Å². The minimum atomic E-state index is -3.85. The number of rotatable bonds is 5. The fraction of sp³-hybridized carbons (Fsp3) is 0.375. The van der Waals surface area contributed by atoms with Crippen molar-refractivity contribution in [1.29, 1.82) is 0 Å². The van der Waals surface area contributed by atoms with Crippen molar-refractivity contribution in [3.8, 4) is 5.75 Å². The maximum absolute atomic E-state index is 13.5. The minimum Gasteiger partial charge on any atom is -0.476 e. The van der Waals surface area contributed by atoms with Gasteiger partial charge in [0.1, 0.15) is 5.75 Å². The zero-order chi connectivity index (χ0) is 22.0. The molecule has 0 bridgehead atoms. The average molecular weight is 441 g/mol. The normalized spacial score (nSPS) is 18.6. The topological polar surface area (TPSA) is 75.7 Å². The van der Waals surface area contributed by atoms with Crippen molar-refractivity contribution in [3.63, 3.8) is 0 Å². The molecule has 1 heterocycles. The Morgan fingerprint density at radius 2 is 1.84 bits per heavy atom. The number of carbonyl (C=O) groups excluding carboxylic acids is 1. The second-order valence-corrected chi connectivity index (χ2v) is 10.1. The maximum atomic E-state index is 13.5. The summed E-state index contributed by atoms with van der Waals surface area (Å²) in [6, 6.07) is 12.1. The van der Waals surface area contributed by atoms with Gasteiger partial charge >= 0.3 is 0 Å². The summed E-state index contributed by atoms with van der Waals surface area (Å²) in [5, 5.41) is 2.93. The maximum Gasteiger partial charge on any atom is 0.264 e. The molecule has 0 spiro atoms. The van der Waals surface area contributed by atoms with Gasteiger partial charge in [-0.2, -0.15) is 0 Å². The van der Waals surface area contributed by atoms with E-state index in [2.05, 4.69) is 11.4 Å². The summed E-state index contributed by atoms with van der Waals surface area (Å²) in [4.78, 5) is 13.1. The van der Waals surface area contributed by atoms with E-state index in [0.29, 0.717) is 18.0 Å². The van der Waals surface area contributed by atoms with Crippen LogP contribution in [0.5, 0.6) is 5.75 Å². The number of carbonyl (C=O) groups is 1. The van der Waals surface area contributed by atoms with Crippen LogP contribution in [0.25, 0.3) is 0 Å². The summed E-state index contributed by atoms with van der Waals surface area (Å²) in [7, 11) is -3.85. The highest BCUT2D eigenvalue weighted by molar-refractivity contribution is 7.92. The highest BCUT2D eigenvalue weighted by atomic mass is 32.2. The molecular formula is C24H28N2O4S. The first-order chi connectivity index (χ1) is 14.8. The third-order valence-electron chi connectivity index (χ3n) is 5.76. The lowest BCUT2D eigenvalue weighted by Crippen LogP contribution is -2.51. The average Bonchev–Trinajstić information content (AvgIpc) is 2.77. The molecule has 0 saturated heterocycles. The van der Waals surface area contributed by atoms with Crippen LogP contribution in [-0.2, 0) is 14.8 Å². The van der Waals surface area contributed by atoms with E-state index in [1.54, 1.807) is 36.4 Å². The van der Waals surface area contributed by atoms with Gasteiger partial charge in [-0.15, -0.1) is 0 Å². The zero-order valence-corrected chi connectivity index (χ0v) is 18.7. The van der Waals surface area contributed by atoms with E-state index in [9.17, 15) is 13.2 Å². The smallest absolute Gasteiger partial charge is 0.264 e. The van der Waals surface area contributed by atoms with Crippen molar-refractivity contribution in [3.05, 3.63) is 65.2 Å². The monoisotopic (exact) mass is 440 g/mol. The highest BCUT2D eigenvalue weighted by Gasteiger charge is 2.37. The molecule has 164 valence electrons. The van der Waals surface area contributed by atoms with E-state index in [1.165, 1.54) is 16.3 Å². The summed E-state index contributed by atoms with van der Waals surface area (Å²) in [6.07, 6.45) is 5.61. The molecule has 2 aromatic carbocycles. The summed E-state index contributed by atoms with van der Waals surface area (Å²) in [5.41, 5.74) is 3.57. The summed E-state index contributed by atoms with van der Waals surface area (Å²) < 4.78 is 34.2. The van der Waals surface area contributed by atoms with Crippen LogP contribution in [-0.4, -0.2) is 33.5 Å². The molecule has 1 aliphatic heterocycles. The molecule has 7 heteroatoms. The van der Waals surface area contributed by atoms with Gasteiger partial charge in [0, 0.05) is 6.54 Å². The van der Waals surface area contributed by atoms with Crippen LogP contribution in [0.15, 0.2) is 59.0 Å². The molecule has 1 atom stereocenters. The van der Waals surface area contributed by atoms with E-state index in [-0.39, 0.29) is 17.3 Å². The molecule has 0 saturated carbocycles. The van der Waals surface area contributed by atoms with E-state index in [0.717, 1.165) is 30.4 Å². The number of nitrogens with one attached hydrogen (secondary N) is 1. The lowest BCUT2D eigenvalue weighted by Gasteiger charge is -2.35. The third-order valence-corrected chi connectivity index (χ3v) is 7.55. The van der Waals surface area contributed by atoms with Crippen molar-refractivity contribution in [2.75, 3.05) is 17.4 Å². The summed E-state index contributed by atoms with van der Waals surface area (Å²) in [5.74, 6) is 0.0892. The number of hydrogen-bond donors (Lipinski definition) is 1. The molecule has 0 fully saturated rings. The first kappa shape index (κ1) is 21.4. The number of nitrogens with zero attached hydrogens (tertiary/aromatic N) is 1. The van der Waals surface area contributed by atoms with Crippen molar-refractivity contribution in [2.45, 2.75) is 50.5 Å². The van der Waals surface area contributed by atoms with Crippen molar-refractivity contribution >= 4 is 21.6 Å². The largest absolute Gasteiger partial charge is 0.476 e. The lowest BCUT2D eigenvalue weighted by molar-refractivity contribution is -0.127. The number of sulfonamides is 1. The molecule has 31 heavy (non-hydrogen) atoms. The molecule has 2 aromatic rings. The fourth-order valence-corrected chi connectivity index (χ4v) is 5.41. The van der Waals surface area contributed by atoms with E-state index >= 15 is 0 Å². The number of anilines is 1. The van der Waals surface area contributed by atoms with E-state index in [1.807, 2.05) is 19.9 Å². The van der Waals surface area contributed by atoms with Gasteiger partial charge in [-0.25, -0.2) is 8.42 Å². The van der Waals surface area contributed by atoms with Gasteiger partial charge < -0.3 is 10.1 Å². The van der Waals surface area contributed by atoms with Gasteiger partial charge in [0.05, 0.1) is 17.1 Å². The Balaban J connectivity index is 1.61. The standard InChI is InChI=1S/C24H28N2O4S/c1-17-8-11-20(12-9-17)31(28,29)26-16-23(30-22-13-10-18(2)14-21(22)26)24(27)25-15-19-6-4-3-5-7-19/h6,8-14,23H,3-5,7,15-16H2,1-2H3,(H,25,27)/t23-/m1/s1. The quantitative estimate of drug-likeness (QED) is 0.716. The van der Waals surface area contributed by atoms with Crippen molar-refractivity contribution < 1.29 is 17.9 Å². The molecular weight excluding hydrogens is 412 g/mol. The molecule has 0 aromatic heterocycles. The van der Waals surface area contributed by atoms with Crippen LogP contribution in [0.4, 0.5) is 5.69 Å². The molecule has 0 unspecified atom stereocenters. The molecule has 2 aliphatic rings. The highest BCUT2D eigenvalue weighted by Crippen LogP contribution is 2.37.